The van der Waals surface area contributed by atoms with Crippen LogP contribution in [-0.2, 0) is 0 Å². The van der Waals surface area contributed by atoms with Crippen molar-refractivity contribution in [3.8, 4) is 0 Å². The van der Waals surface area contributed by atoms with Crippen LogP contribution < -0.4 is 5.32 Å². The van der Waals surface area contributed by atoms with Crippen LogP contribution in [0.3, 0.4) is 0 Å². The van der Waals surface area contributed by atoms with Gasteiger partial charge in [-0.2, -0.15) is 0 Å². The van der Waals surface area contributed by atoms with Crippen LogP contribution in [0.4, 0.5) is 4.39 Å². The average molecular weight is 252 g/mol. The van der Waals surface area contributed by atoms with Gasteiger partial charge in [-0.1, -0.05) is 0 Å². The summed E-state index contributed by atoms with van der Waals surface area (Å²) in [4.78, 5) is 8.58. The predicted octanol–water partition coefficient (Wildman–Crippen LogP) is 0.727. The summed E-state index contributed by atoms with van der Waals surface area (Å²) in [5.74, 6) is -0.278. The molecule has 100 valence electrons. The number of piperazine rings is 1. The van der Waals surface area contributed by atoms with Gasteiger partial charge in [0.1, 0.15) is 5.82 Å². The highest BCUT2D eigenvalue weighted by Gasteiger charge is 2.30. The van der Waals surface area contributed by atoms with Gasteiger partial charge in [0.05, 0.1) is 12.2 Å². The summed E-state index contributed by atoms with van der Waals surface area (Å²) in [5.41, 5.74) is 0.907. The van der Waals surface area contributed by atoms with Crippen LogP contribution >= 0.6 is 0 Å². The molecule has 1 N–H and O–H groups in total. The van der Waals surface area contributed by atoms with E-state index in [2.05, 4.69) is 34.2 Å². The lowest BCUT2D eigenvalue weighted by Gasteiger charge is -2.41. The molecular weight excluding hydrogens is 231 g/mol. The molecule has 0 saturated carbocycles. The number of aromatic nitrogens is 1. The zero-order valence-corrected chi connectivity index (χ0v) is 11.2. The van der Waals surface area contributed by atoms with Gasteiger partial charge in [0.2, 0.25) is 0 Å². The van der Waals surface area contributed by atoms with Crippen molar-refractivity contribution in [3.05, 3.63) is 29.8 Å². The maximum absolute atomic E-state index is 13.3. The zero-order chi connectivity index (χ0) is 13.1. The summed E-state index contributed by atoms with van der Waals surface area (Å²) in [6.45, 7) is 3.07. The number of pyridine rings is 1. The van der Waals surface area contributed by atoms with Crippen LogP contribution in [0.1, 0.15) is 11.6 Å². The Kier molecular flexibility index (Phi) is 4.27. The van der Waals surface area contributed by atoms with Crippen molar-refractivity contribution in [1.29, 1.82) is 0 Å². The monoisotopic (exact) mass is 252 g/mol. The number of hydrogen-bond donors (Lipinski definition) is 1. The Labute approximate surface area is 108 Å². The van der Waals surface area contributed by atoms with Crippen LogP contribution in [-0.4, -0.2) is 61.6 Å². The molecule has 4 nitrogen and oxygen atoms in total. The number of nitrogens with one attached hydrogen (secondary N) is 1. The zero-order valence-electron chi connectivity index (χ0n) is 11.2. The third-order valence-electron chi connectivity index (χ3n) is 3.68. The van der Waals surface area contributed by atoms with Crippen molar-refractivity contribution in [3.63, 3.8) is 0 Å². The minimum Gasteiger partial charge on any atom is -0.312 e. The Morgan fingerprint density at radius 2 is 2.17 bits per heavy atom. The van der Waals surface area contributed by atoms with Gasteiger partial charge in [0, 0.05) is 31.9 Å². The maximum atomic E-state index is 13.3. The Morgan fingerprint density at radius 3 is 2.83 bits per heavy atom. The third kappa shape index (κ3) is 2.85. The highest BCUT2D eigenvalue weighted by atomic mass is 19.1. The first kappa shape index (κ1) is 13.4. The summed E-state index contributed by atoms with van der Waals surface area (Å²) < 4.78 is 13.3. The predicted molar refractivity (Wildman–Crippen MR) is 69.9 cm³/mol. The standard InChI is InChI=1S/C13H21FN4/c1-15-13(10-6-11(14)8-16-7-10)12-9-17(2)4-5-18(12)3/h6-8,12-13,15H,4-5,9H2,1-3H3. The largest absolute Gasteiger partial charge is 0.312 e. The lowest BCUT2D eigenvalue weighted by atomic mass is 9.97. The number of likely N-dealkylation sites (N-methyl/N-ethyl adjacent to an activating group) is 3. The van der Waals surface area contributed by atoms with Crippen LogP contribution in [0.2, 0.25) is 0 Å². The Morgan fingerprint density at radius 1 is 1.39 bits per heavy atom. The molecular formula is C13H21FN4. The second-order valence-electron chi connectivity index (χ2n) is 5.01. The highest BCUT2D eigenvalue weighted by Crippen LogP contribution is 2.22. The fraction of sp³-hybridized carbons (Fsp3) is 0.615. The first-order valence-corrected chi connectivity index (χ1v) is 6.28. The molecule has 0 aliphatic carbocycles. The normalized spacial score (nSPS) is 24.1. The summed E-state index contributed by atoms with van der Waals surface area (Å²) >= 11 is 0. The molecule has 18 heavy (non-hydrogen) atoms. The van der Waals surface area contributed by atoms with E-state index in [4.69, 9.17) is 0 Å². The average Bonchev–Trinajstić information content (AvgIpc) is 2.35. The molecule has 0 amide bonds. The molecule has 1 aromatic heterocycles. The van der Waals surface area contributed by atoms with Gasteiger partial charge in [0.25, 0.3) is 0 Å². The minimum atomic E-state index is -0.278. The third-order valence-corrected chi connectivity index (χ3v) is 3.68. The number of nitrogens with zero attached hydrogens (tertiary/aromatic N) is 3. The van der Waals surface area contributed by atoms with E-state index in [1.54, 1.807) is 12.3 Å². The van der Waals surface area contributed by atoms with Crippen LogP contribution in [0.15, 0.2) is 18.5 Å². The molecule has 1 aliphatic heterocycles. The SMILES string of the molecule is CNC(c1cncc(F)c1)C1CN(C)CCN1C. The molecule has 0 radical (unpaired) electrons. The number of rotatable bonds is 3. The second-order valence-corrected chi connectivity index (χ2v) is 5.01. The topological polar surface area (TPSA) is 31.4 Å². The molecule has 2 atom stereocenters. The molecule has 0 aromatic carbocycles. The molecule has 2 rings (SSSR count). The summed E-state index contributed by atoms with van der Waals surface area (Å²) in [6, 6.07) is 2.00. The van der Waals surface area contributed by atoms with E-state index >= 15 is 0 Å². The molecule has 2 heterocycles. The maximum Gasteiger partial charge on any atom is 0.141 e. The molecule has 1 aromatic rings. The lowest BCUT2D eigenvalue weighted by molar-refractivity contribution is 0.0895. The van der Waals surface area contributed by atoms with Crippen molar-refractivity contribution >= 4 is 0 Å². The summed E-state index contributed by atoms with van der Waals surface area (Å²) in [7, 11) is 6.16. The van der Waals surface area contributed by atoms with Gasteiger partial charge < -0.3 is 10.2 Å². The van der Waals surface area contributed by atoms with E-state index in [1.807, 2.05) is 7.05 Å². The molecule has 0 spiro atoms. The summed E-state index contributed by atoms with van der Waals surface area (Å²) in [6.07, 6.45) is 2.99. The quantitative estimate of drug-likeness (QED) is 0.859. The molecule has 5 heteroatoms. The van der Waals surface area contributed by atoms with E-state index in [0.29, 0.717) is 6.04 Å². The van der Waals surface area contributed by atoms with E-state index < -0.39 is 0 Å². The van der Waals surface area contributed by atoms with Gasteiger partial charge in [-0.05, 0) is 32.8 Å². The molecule has 2 unspecified atom stereocenters. The Hall–Kier alpha value is -1.04. The van der Waals surface area contributed by atoms with E-state index in [0.717, 1.165) is 25.2 Å². The van der Waals surface area contributed by atoms with E-state index in [9.17, 15) is 4.39 Å². The first-order chi connectivity index (χ1) is 8.61. The molecule has 1 aliphatic rings. The molecule has 0 bridgehead atoms. The van der Waals surface area contributed by atoms with Crippen molar-refractivity contribution in [2.45, 2.75) is 12.1 Å². The van der Waals surface area contributed by atoms with Crippen LogP contribution in [0.25, 0.3) is 0 Å². The van der Waals surface area contributed by atoms with Crippen molar-refractivity contribution in [2.24, 2.45) is 0 Å². The lowest BCUT2D eigenvalue weighted by Crippen LogP contribution is -2.54. The van der Waals surface area contributed by atoms with Gasteiger partial charge in [-0.3, -0.25) is 9.88 Å². The summed E-state index contributed by atoms with van der Waals surface area (Å²) in [5, 5.41) is 3.29. The van der Waals surface area contributed by atoms with E-state index in [1.165, 1.54) is 6.20 Å². The first-order valence-electron chi connectivity index (χ1n) is 6.28. The van der Waals surface area contributed by atoms with Crippen molar-refractivity contribution in [2.75, 3.05) is 40.8 Å². The van der Waals surface area contributed by atoms with Gasteiger partial charge in [-0.25, -0.2) is 4.39 Å². The molecule has 1 saturated heterocycles. The minimum absolute atomic E-state index is 0.0981. The number of hydrogen-bond acceptors (Lipinski definition) is 4. The fourth-order valence-electron chi connectivity index (χ4n) is 2.58. The van der Waals surface area contributed by atoms with Gasteiger partial charge in [0.15, 0.2) is 0 Å². The van der Waals surface area contributed by atoms with Crippen molar-refractivity contribution in [1.82, 2.24) is 20.1 Å². The smallest absolute Gasteiger partial charge is 0.141 e. The fourth-order valence-corrected chi connectivity index (χ4v) is 2.58. The van der Waals surface area contributed by atoms with Gasteiger partial charge >= 0.3 is 0 Å². The van der Waals surface area contributed by atoms with E-state index in [-0.39, 0.29) is 11.9 Å². The van der Waals surface area contributed by atoms with Crippen LogP contribution in [0.5, 0.6) is 0 Å². The number of halogens is 1. The van der Waals surface area contributed by atoms with Crippen LogP contribution in [0, 0.1) is 5.82 Å². The Balaban J connectivity index is 2.21. The second kappa shape index (κ2) is 5.73. The van der Waals surface area contributed by atoms with Crippen molar-refractivity contribution < 1.29 is 4.39 Å². The Bertz CT molecular complexity index is 398. The highest BCUT2D eigenvalue weighted by molar-refractivity contribution is 5.18. The molecule has 1 fully saturated rings. The van der Waals surface area contributed by atoms with Gasteiger partial charge in [-0.15, -0.1) is 0 Å².